The second-order valence-corrected chi connectivity index (χ2v) is 21.9. The molecule has 0 saturated carbocycles. The summed E-state index contributed by atoms with van der Waals surface area (Å²) in [6, 6.07) is 24.1. The minimum absolute atomic E-state index is 0.0232. The van der Waals surface area contributed by atoms with Crippen LogP contribution in [0.15, 0.2) is 72.2 Å². The number of aromatic nitrogens is 3. The molecule has 0 aliphatic carbocycles. The zero-order valence-corrected chi connectivity index (χ0v) is 34.2. The summed E-state index contributed by atoms with van der Waals surface area (Å²) < 4.78 is 7.81. The maximum Gasteiger partial charge on any atom is 0.300 e. The molecule has 1 aromatic heterocycles. The van der Waals surface area contributed by atoms with Crippen LogP contribution < -0.4 is 4.90 Å². The van der Waals surface area contributed by atoms with E-state index in [2.05, 4.69) is 107 Å². The van der Waals surface area contributed by atoms with E-state index in [1.54, 1.807) is 4.68 Å². The number of ether oxygens (including phenoxy) is 1. The van der Waals surface area contributed by atoms with Gasteiger partial charge in [0.25, 0.3) is 0 Å². The van der Waals surface area contributed by atoms with Crippen molar-refractivity contribution in [2.45, 2.75) is 91.6 Å². The van der Waals surface area contributed by atoms with Crippen molar-refractivity contribution < 1.29 is 9.53 Å². The molecule has 288 valence electrons. The van der Waals surface area contributed by atoms with Gasteiger partial charge in [0.15, 0.2) is 0 Å². The summed E-state index contributed by atoms with van der Waals surface area (Å²) in [7, 11) is -1.22. The molecule has 1 amide bonds. The predicted octanol–water partition coefficient (Wildman–Crippen LogP) is 7.70. The van der Waals surface area contributed by atoms with Crippen LogP contribution in [0.1, 0.15) is 53.5 Å². The van der Waals surface area contributed by atoms with Crippen LogP contribution in [-0.2, 0) is 35.9 Å². The van der Waals surface area contributed by atoms with Gasteiger partial charge in [-0.15, -0.1) is 5.10 Å². The maximum absolute atomic E-state index is 14.5. The topological polar surface area (TPSA) is 98.1 Å². The predicted molar refractivity (Wildman–Crippen MR) is 220 cm³/mol. The molecule has 12 heteroatoms. The lowest BCUT2D eigenvalue weighted by Crippen LogP contribution is -2.34. The molecule has 0 spiro atoms. The van der Waals surface area contributed by atoms with Crippen molar-refractivity contribution in [3.05, 3.63) is 111 Å². The molecule has 55 heavy (non-hydrogen) atoms. The number of nitriles is 1. The van der Waals surface area contributed by atoms with Crippen LogP contribution in [0.3, 0.4) is 0 Å². The minimum Gasteiger partial charge on any atom is -0.364 e. The first-order chi connectivity index (χ1) is 26.5. The van der Waals surface area contributed by atoms with Crippen molar-refractivity contribution in [2.75, 3.05) is 44.2 Å². The van der Waals surface area contributed by atoms with Gasteiger partial charge in [0, 0.05) is 59.5 Å². The summed E-state index contributed by atoms with van der Waals surface area (Å²) in [4.78, 5) is 26.6. The van der Waals surface area contributed by atoms with E-state index in [9.17, 15) is 10.1 Å². The number of benzene rings is 3. The Bertz CT molecular complexity index is 2050. The summed E-state index contributed by atoms with van der Waals surface area (Å²) in [6.45, 7) is 25.7. The average Bonchev–Trinajstić information content (AvgIpc) is 3.75. The highest BCUT2D eigenvalue weighted by atomic mass is 28.3. The minimum atomic E-state index is -1.22. The number of allylic oxidation sites excluding steroid dienone is 1. The van der Waals surface area contributed by atoms with Crippen molar-refractivity contribution in [1.82, 2.24) is 29.7 Å². The number of anilines is 1. The van der Waals surface area contributed by atoms with Crippen molar-refractivity contribution in [1.29, 1.82) is 5.26 Å². The average molecular weight is 758 g/mol. The van der Waals surface area contributed by atoms with Crippen LogP contribution in [0.5, 0.6) is 0 Å². The Hall–Kier alpha value is -5.01. The van der Waals surface area contributed by atoms with Gasteiger partial charge in [-0.3, -0.25) is 9.69 Å². The SMILES string of the molecule is [C-]#[N+]/C(C#N)=C1\N(CCC(=O)N(Cc2ccc3nnn(COCC[Si](C)(C)C)c3c2)c2cccc(CN3CCCCC3)c2)CCN1Cc1cc(C)cc(C)c1. The number of amides is 1. The van der Waals surface area contributed by atoms with Crippen LogP contribution >= 0.6 is 0 Å². The number of carbonyl (C=O) groups excluding carboxylic acids is 1. The largest absolute Gasteiger partial charge is 0.364 e. The third-order valence-corrected chi connectivity index (χ3v) is 12.1. The van der Waals surface area contributed by atoms with Gasteiger partial charge in [0.1, 0.15) is 18.1 Å². The first-order valence-electron chi connectivity index (χ1n) is 19.6. The molecule has 0 bridgehead atoms. The fourth-order valence-electron chi connectivity index (χ4n) is 7.63. The van der Waals surface area contributed by atoms with E-state index in [0.29, 0.717) is 51.9 Å². The molecule has 2 aliphatic rings. The van der Waals surface area contributed by atoms with Gasteiger partial charge in [-0.2, -0.15) is 0 Å². The Morgan fingerprint density at radius 3 is 2.42 bits per heavy atom. The molecule has 3 heterocycles. The van der Waals surface area contributed by atoms with Gasteiger partial charge in [-0.1, -0.05) is 78.8 Å². The molecule has 0 N–H and O–H groups in total. The molecule has 2 aliphatic heterocycles. The third kappa shape index (κ3) is 10.6. The van der Waals surface area contributed by atoms with Gasteiger partial charge in [0.2, 0.25) is 5.91 Å². The number of carbonyl (C=O) groups is 1. The highest BCUT2D eigenvalue weighted by Gasteiger charge is 2.30. The van der Waals surface area contributed by atoms with Crippen LogP contribution in [-0.4, -0.2) is 83.0 Å². The zero-order chi connectivity index (χ0) is 39.0. The smallest absolute Gasteiger partial charge is 0.300 e. The Kier molecular flexibility index (Phi) is 13.0. The summed E-state index contributed by atoms with van der Waals surface area (Å²) >= 11 is 0. The molecule has 0 unspecified atom stereocenters. The van der Waals surface area contributed by atoms with Gasteiger partial charge in [-0.05, 0) is 86.8 Å². The van der Waals surface area contributed by atoms with Crippen LogP contribution in [0.4, 0.5) is 5.69 Å². The highest BCUT2D eigenvalue weighted by Crippen LogP contribution is 2.28. The van der Waals surface area contributed by atoms with E-state index < -0.39 is 8.07 Å². The number of piperidine rings is 1. The van der Waals surface area contributed by atoms with E-state index >= 15 is 0 Å². The molecule has 6 rings (SSSR count). The molecule has 2 saturated heterocycles. The number of nitrogens with zero attached hydrogens (tertiary/aromatic N) is 9. The van der Waals surface area contributed by atoms with E-state index in [1.807, 2.05) is 28.0 Å². The van der Waals surface area contributed by atoms with Crippen molar-refractivity contribution in [3.8, 4) is 6.07 Å². The molecule has 0 atom stereocenters. The molecular weight excluding hydrogens is 703 g/mol. The lowest BCUT2D eigenvalue weighted by atomic mass is 10.1. The number of hydrogen-bond acceptors (Lipinski definition) is 8. The Labute approximate surface area is 327 Å². The molecule has 3 aromatic carbocycles. The first kappa shape index (κ1) is 39.7. The highest BCUT2D eigenvalue weighted by molar-refractivity contribution is 6.76. The summed E-state index contributed by atoms with van der Waals surface area (Å²) in [5, 5.41) is 18.7. The quantitative estimate of drug-likeness (QED) is 0.0527. The fourth-order valence-corrected chi connectivity index (χ4v) is 8.39. The standard InChI is InChI=1S/C43H55N9O2Si/c1-33-23-34(2)25-37(24-33)30-50-20-19-49(43(50)40(28-44)45-3)18-15-42(53)51(38-12-10-11-35(26-38)29-48-16-8-7-9-17-48)31-36-13-14-39-41(27-36)52(47-46-39)32-54-21-22-55(4,5)6/h10-14,23-27H,7-9,15-22,29-32H2,1-2,4-6H3/b43-40+. The maximum atomic E-state index is 14.5. The van der Waals surface area contributed by atoms with Gasteiger partial charge < -0.3 is 19.4 Å². The van der Waals surface area contributed by atoms with Crippen LogP contribution in [0.2, 0.25) is 25.7 Å². The molecule has 11 nitrogen and oxygen atoms in total. The van der Waals surface area contributed by atoms with Gasteiger partial charge in [-0.25, -0.2) is 14.8 Å². The van der Waals surface area contributed by atoms with E-state index in [1.165, 1.54) is 36.0 Å². The molecule has 2 fully saturated rings. The van der Waals surface area contributed by atoms with E-state index in [0.717, 1.165) is 53.5 Å². The number of fused-ring (bicyclic) bond motifs is 1. The zero-order valence-electron chi connectivity index (χ0n) is 33.2. The van der Waals surface area contributed by atoms with E-state index in [4.69, 9.17) is 11.3 Å². The lowest BCUT2D eigenvalue weighted by molar-refractivity contribution is -0.119. The van der Waals surface area contributed by atoms with Crippen molar-refractivity contribution in [3.63, 3.8) is 0 Å². The summed E-state index contributed by atoms with van der Waals surface area (Å²) in [5.74, 6) is 0.586. The van der Waals surface area contributed by atoms with Crippen LogP contribution in [0, 0.1) is 31.8 Å². The van der Waals surface area contributed by atoms with Crippen LogP contribution in [0.25, 0.3) is 15.9 Å². The van der Waals surface area contributed by atoms with Gasteiger partial charge >= 0.3 is 5.70 Å². The fraction of sp³-hybridized carbons (Fsp3) is 0.465. The second kappa shape index (κ2) is 18.1. The van der Waals surface area contributed by atoms with Crippen molar-refractivity contribution >= 4 is 30.7 Å². The number of hydrogen-bond donors (Lipinski definition) is 0. The Morgan fingerprint density at radius 1 is 0.927 bits per heavy atom. The Balaban J connectivity index is 1.23. The first-order valence-corrected chi connectivity index (χ1v) is 23.3. The molecule has 0 radical (unpaired) electrons. The number of aryl methyl sites for hydroxylation is 2. The second-order valence-electron chi connectivity index (χ2n) is 16.3. The lowest BCUT2D eigenvalue weighted by Gasteiger charge is -2.29. The number of likely N-dealkylation sites (tertiary alicyclic amines) is 1. The number of rotatable bonds is 15. The van der Waals surface area contributed by atoms with E-state index in [-0.39, 0.29) is 18.0 Å². The van der Waals surface area contributed by atoms with Gasteiger partial charge in [0.05, 0.1) is 24.7 Å². The Morgan fingerprint density at radius 2 is 1.69 bits per heavy atom. The monoisotopic (exact) mass is 757 g/mol. The summed E-state index contributed by atoms with van der Waals surface area (Å²) in [5.41, 5.74) is 8.21. The van der Waals surface area contributed by atoms with Crippen molar-refractivity contribution in [2.24, 2.45) is 0 Å². The summed E-state index contributed by atoms with van der Waals surface area (Å²) in [6.07, 6.45) is 3.95. The normalized spacial score (nSPS) is 16.0. The molecule has 4 aromatic rings. The third-order valence-electron chi connectivity index (χ3n) is 10.4. The molecular formula is C43H55N9O2Si.